The molecule has 0 aliphatic heterocycles. The highest BCUT2D eigenvalue weighted by Crippen LogP contribution is 2.12. The van der Waals surface area contributed by atoms with Gasteiger partial charge in [-0.1, -0.05) is 6.07 Å². The molecule has 1 aromatic heterocycles. The van der Waals surface area contributed by atoms with E-state index in [1.165, 1.54) is 0 Å². The largest absolute Gasteiger partial charge is 0.508 e. The van der Waals surface area contributed by atoms with Crippen LogP contribution in [-0.4, -0.2) is 9.67 Å². The highest BCUT2D eigenvalue weighted by Gasteiger charge is 2.00. The van der Waals surface area contributed by atoms with Crippen molar-refractivity contribution in [2.75, 3.05) is 0 Å². The molecule has 0 saturated carbocycles. The number of phenols is 1. The fourth-order valence-electron chi connectivity index (χ4n) is 1.42. The maximum atomic E-state index is 11.8. The van der Waals surface area contributed by atoms with Crippen molar-refractivity contribution in [2.45, 2.75) is 6.92 Å². The molecule has 0 saturated heterocycles. The molecule has 2 aromatic rings. The van der Waals surface area contributed by atoms with Crippen LogP contribution in [0.15, 0.2) is 47.4 Å². The van der Waals surface area contributed by atoms with E-state index in [4.69, 9.17) is 5.11 Å². The Morgan fingerprint density at radius 1 is 1.13 bits per heavy atom. The standard InChI is InChI=1S/C12H11NO2/c1-9-3-2-8-13(12(9)15)10-4-6-11(14)7-5-10/h2-8,14H,1H3. The summed E-state index contributed by atoms with van der Waals surface area (Å²) in [6, 6.07) is 10.1. The molecule has 1 heterocycles. The zero-order valence-electron chi connectivity index (χ0n) is 8.34. The number of phenolic OH excluding ortho intramolecular Hbond substituents is 1. The van der Waals surface area contributed by atoms with Crippen molar-refractivity contribution in [1.29, 1.82) is 0 Å². The minimum Gasteiger partial charge on any atom is -0.508 e. The second-order valence-corrected chi connectivity index (χ2v) is 3.38. The van der Waals surface area contributed by atoms with Crippen LogP contribution in [0.4, 0.5) is 0 Å². The van der Waals surface area contributed by atoms with Crippen LogP contribution in [0.2, 0.25) is 0 Å². The van der Waals surface area contributed by atoms with Gasteiger partial charge in [0.05, 0.1) is 0 Å². The zero-order valence-corrected chi connectivity index (χ0v) is 8.34. The average Bonchev–Trinajstić information content (AvgIpc) is 2.24. The van der Waals surface area contributed by atoms with E-state index >= 15 is 0 Å². The van der Waals surface area contributed by atoms with Gasteiger partial charge in [0.1, 0.15) is 5.75 Å². The van der Waals surface area contributed by atoms with Gasteiger partial charge in [0.15, 0.2) is 0 Å². The molecule has 0 unspecified atom stereocenters. The molecule has 0 radical (unpaired) electrons. The third-order valence-electron chi connectivity index (χ3n) is 2.27. The quantitative estimate of drug-likeness (QED) is 0.765. The molecule has 3 heteroatoms. The summed E-state index contributed by atoms with van der Waals surface area (Å²) in [5.74, 6) is 0.194. The van der Waals surface area contributed by atoms with Gasteiger partial charge in [-0.15, -0.1) is 0 Å². The summed E-state index contributed by atoms with van der Waals surface area (Å²) in [7, 11) is 0. The van der Waals surface area contributed by atoms with E-state index < -0.39 is 0 Å². The molecule has 1 aromatic carbocycles. The van der Waals surface area contributed by atoms with E-state index in [1.807, 2.05) is 6.07 Å². The molecule has 0 bridgehead atoms. The van der Waals surface area contributed by atoms with Gasteiger partial charge < -0.3 is 5.11 Å². The summed E-state index contributed by atoms with van der Waals surface area (Å²) in [4.78, 5) is 11.8. The van der Waals surface area contributed by atoms with Crippen molar-refractivity contribution in [3.05, 3.63) is 58.5 Å². The molecule has 76 valence electrons. The molecule has 0 spiro atoms. The minimum atomic E-state index is -0.0387. The predicted octanol–water partition coefficient (Wildman–Crippen LogP) is 1.85. The third kappa shape index (κ3) is 1.76. The topological polar surface area (TPSA) is 42.2 Å². The zero-order chi connectivity index (χ0) is 10.8. The molecule has 0 amide bonds. The first-order chi connectivity index (χ1) is 7.18. The van der Waals surface area contributed by atoms with Crippen LogP contribution < -0.4 is 5.56 Å². The van der Waals surface area contributed by atoms with Crippen LogP contribution in [0.5, 0.6) is 5.75 Å². The highest BCUT2D eigenvalue weighted by atomic mass is 16.3. The summed E-state index contributed by atoms with van der Waals surface area (Å²) in [5, 5.41) is 9.14. The number of rotatable bonds is 1. The smallest absolute Gasteiger partial charge is 0.257 e. The van der Waals surface area contributed by atoms with Crippen LogP contribution in [0.3, 0.4) is 0 Å². The Balaban J connectivity index is 2.59. The molecule has 3 nitrogen and oxygen atoms in total. The summed E-state index contributed by atoms with van der Waals surface area (Å²) in [5.41, 5.74) is 1.41. The van der Waals surface area contributed by atoms with Crippen molar-refractivity contribution in [1.82, 2.24) is 4.57 Å². The first-order valence-corrected chi connectivity index (χ1v) is 4.66. The maximum Gasteiger partial charge on any atom is 0.257 e. The molecule has 0 atom stereocenters. The lowest BCUT2D eigenvalue weighted by molar-refractivity contribution is 0.475. The van der Waals surface area contributed by atoms with Crippen LogP contribution >= 0.6 is 0 Å². The number of aryl methyl sites for hydroxylation is 1. The van der Waals surface area contributed by atoms with Gasteiger partial charge in [-0.05, 0) is 37.3 Å². The molecule has 0 aliphatic rings. The Bertz CT molecular complexity index is 526. The van der Waals surface area contributed by atoms with Crippen LogP contribution in [0, 0.1) is 6.92 Å². The van der Waals surface area contributed by atoms with Gasteiger partial charge in [0.25, 0.3) is 5.56 Å². The van der Waals surface area contributed by atoms with E-state index in [9.17, 15) is 4.79 Å². The summed E-state index contributed by atoms with van der Waals surface area (Å²) in [6.45, 7) is 1.78. The van der Waals surface area contributed by atoms with Crippen LogP contribution in [0.25, 0.3) is 5.69 Å². The van der Waals surface area contributed by atoms with Gasteiger partial charge in [-0.25, -0.2) is 0 Å². The van der Waals surface area contributed by atoms with Gasteiger partial charge in [-0.3, -0.25) is 9.36 Å². The third-order valence-corrected chi connectivity index (χ3v) is 2.27. The minimum absolute atomic E-state index is 0.0387. The highest BCUT2D eigenvalue weighted by molar-refractivity contribution is 5.37. The number of aromatic nitrogens is 1. The van der Waals surface area contributed by atoms with E-state index in [0.29, 0.717) is 5.56 Å². The number of pyridine rings is 1. The van der Waals surface area contributed by atoms with Gasteiger partial charge in [0, 0.05) is 17.4 Å². The fraction of sp³-hybridized carbons (Fsp3) is 0.0833. The average molecular weight is 201 g/mol. The number of aromatic hydroxyl groups is 1. The second-order valence-electron chi connectivity index (χ2n) is 3.38. The molecule has 15 heavy (non-hydrogen) atoms. The molecule has 0 aliphatic carbocycles. The maximum absolute atomic E-state index is 11.8. The molecule has 2 rings (SSSR count). The van der Waals surface area contributed by atoms with E-state index in [2.05, 4.69) is 0 Å². The Hall–Kier alpha value is -2.03. The van der Waals surface area contributed by atoms with E-state index in [0.717, 1.165) is 5.69 Å². The van der Waals surface area contributed by atoms with Crippen LogP contribution in [-0.2, 0) is 0 Å². The van der Waals surface area contributed by atoms with Gasteiger partial charge >= 0.3 is 0 Å². The monoisotopic (exact) mass is 201 g/mol. The van der Waals surface area contributed by atoms with Crippen molar-refractivity contribution < 1.29 is 5.11 Å². The first kappa shape index (κ1) is 9.52. The van der Waals surface area contributed by atoms with E-state index in [-0.39, 0.29) is 11.3 Å². The normalized spacial score (nSPS) is 10.2. The van der Waals surface area contributed by atoms with Crippen molar-refractivity contribution in [3.8, 4) is 11.4 Å². The lowest BCUT2D eigenvalue weighted by atomic mass is 10.2. The lowest BCUT2D eigenvalue weighted by Crippen LogP contribution is -2.19. The predicted molar refractivity (Wildman–Crippen MR) is 58.4 cm³/mol. The molecular weight excluding hydrogens is 190 g/mol. The second kappa shape index (κ2) is 3.61. The van der Waals surface area contributed by atoms with E-state index in [1.54, 1.807) is 48.0 Å². The lowest BCUT2D eigenvalue weighted by Gasteiger charge is -2.05. The van der Waals surface area contributed by atoms with Gasteiger partial charge in [0.2, 0.25) is 0 Å². The summed E-state index contributed by atoms with van der Waals surface area (Å²) in [6.07, 6.45) is 1.71. The molecule has 0 fully saturated rings. The van der Waals surface area contributed by atoms with Crippen LogP contribution in [0.1, 0.15) is 5.56 Å². The number of hydrogen-bond donors (Lipinski definition) is 1. The Morgan fingerprint density at radius 2 is 1.80 bits per heavy atom. The van der Waals surface area contributed by atoms with Crippen molar-refractivity contribution in [3.63, 3.8) is 0 Å². The molecule has 1 N–H and O–H groups in total. The number of benzene rings is 1. The Labute approximate surface area is 87.2 Å². The first-order valence-electron chi connectivity index (χ1n) is 4.66. The number of hydrogen-bond acceptors (Lipinski definition) is 2. The van der Waals surface area contributed by atoms with Crippen molar-refractivity contribution in [2.24, 2.45) is 0 Å². The number of nitrogens with zero attached hydrogens (tertiary/aromatic N) is 1. The Morgan fingerprint density at radius 3 is 2.47 bits per heavy atom. The summed E-state index contributed by atoms with van der Waals surface area (Å²) >= 11 is 0. The summed E-state index contributed by atoms with van der Waals surface area (Å²) < 4.78 is 1.55. The fourth-order valence-corrected chi connectivity index (χ4v) is 1.42. The van der Waals surface area contributed by atoms with Gasteiger partial charge in [-0.2, -0.15) is 0 Å². The Kier molecular flexibility index (Phi) is 2.29. The SMILES string of the molecule is Cc1cccn(-c2ccc(O)cc2)c1=O. The molecular formula is C12H11NO2. The van der Waals surface area contributed by atoms with Crippen molar-refractivity contribution >= 4 is 0 Å².